The summed E-state index contributed by atoms with van der Waals surface area (Å²) in [7, 11) is 1.65. The molecule has 15 heteroatoms. The summed E-state index contributed by atoms with van der Waals surface area (Å²) in [5.74, 6) is 4.16. The Balaban J connectivity index is 0.740. The molecule has 528 valence electrons. The number of anilines is 1. The molecule has 0 radical (unpaired) electrons. The second-order valence-corrected chi connectivity index (χ2v) is 30.0. The van der Waals surface area contributed by atoms with Gasteiger partial charge in [0.05, 0.1) is 18.8 Å². The zero-order valence-electron chi connectivity index (χ0n) is 59.4. The van der Waals surface area contributed by atoms with Crippen LogP contribution in [0, 0.1) is 53.3 Å². The number of fused-ring (bicyclic) bond motifs is 5. The summed E-state index contributed by atoms with van der Waals surface area (Å²) in [6.07, 6.45) is 17.9. The first kappa shape index (κ1) is 73.9. The molecule has 6 aromatic carbocycles. The summed E-state index contributed by atoms with van der Waals surface area (Å²) in [5.41, 5.74) is 7.53. The lowest BCUT2D eigenvalue weighted by atomic mass is 9.47. The number of ether oxygens (including phenoxy) is 4. The van der Waals surface area contributed by atoms with Crippen LogP contribution in [0.2, 0.25) is 5.02 Å². The molecule has 0 unspecified atom stereocenters. The fourth-order valence-electron chi connectivity index (χ4n) is 17.1. The minimum absolute atomic E-state index is 0.0701. The second-order valence-electron chi connectivity index (χ2n) is 29.5. The van der Waals surface area contributed by atoms with Gasteiger partial charge in [0, 0.05) is 43.1 Å². The van der Waals surface area contributed by atoms with Gasteiger partial charge in [-0.3, -0.25) is 24.5 Å². The summed E-state index contributed by atoms with van der Waals surface area (Å²) in [5, 5.41) is 16.4. The Morgan fingerprint density at radius 3 is 1.98 bits per heavy atom. The van der Waals surface area contributed by atoms with Gasteiger partial charge in [0.2, 0.25) is 23.6 Å². The number of hydrogen-bond donors (Lipinski definition) is 5. The Hall–Kier alpha value is -7.78. The van der Waals surface area contributed by atoms with Gasteiger partial charge >= 0.3 is 6.16 Å². The quantitative estimate of drug-likeness (QED) is 0.00874. The third-order valence-corrected chi connectivity index (χ3v) is 22.8. The number of benzene rings is 6. The highest BCUT2D eigenvalue weighted by Crippen LogP contribution is 2.67. The summed E-state index contributed by atoms with van der Waals surface area (Å²) in [4.78, 5) is 69.1. The average Bonchev–Trinajstić information content (AvgIpc) is 1.70. The predicted octanol–water partition coefficient (Wildman–Crippen LogP) is 17.0. The van der Waals surface area contributed by atoms with Crippen molar-refractivity contribution in [1.82, 2.24) is 21.3 Å². The molecule has 6 aromatic rings. The van der Waals surface area contributed by atoms with Crippen molar-refractivity contribution in [3.8, 4) is 11.5 Å². The van der Waals surface area contributed by atoms with Gasteiger partial charge in [-0.05, 0) is 213 Å². The number of aryl methyl sites for hydroxylation is 1. The fraction of sp³-hybridized carbons (Fsp3) is 0.488. The fourth-order valence-corrected chi connectivity index (χ4v) is 17.2. The Kier molecular flexibility index (Phi) is 26.1. The Labute approximate surface area is 593 Å². The standard InChI is InChI=1S/C84H106ClN5O9/c1-57(2)18-16-19-59(4)72-43-44-73-71-42-33-65-55-70(47-49-82(65,5)74(71)48-50-83(72,73)6)97-53-17-51-86-77(91)45-46-78(92)89-76(54-60-27-34-66(85)35-28-60)80(94)90-75(79(93)88-67-36-29-61(30-37-67)56-98-81(95)99-69-38-25-58(3)26-39-69)24-14-15-52-87-84(62-20-10-8-11-21-62,63-22-12-9-13-23-63)64-31-40-68(96-7)41-32-64/h8-13,20-23,25-41,57,59,70-76,87H,14-19,24,42-56H2,1-7H3,(H,86,91)(H,88,93)(H,89,92)(H,90,94)/t59-,70+,71+,72-,73+,74+,75+,76+,82+,83-/m1/s1. The van der Waals surface area contributed by atoms with Crippen molar-refractivity contribution < 1.29 is 42.9 Å². The molecular formula is C84H106ClN5O9. The van der Waals surface area contributed by atoms with Gasteiger partial charge in [0.1, 0.15) is 30.2 Å². The third kappa shape index (κ3) is 19.2. The van der Waals surface area contributed by atoms with Crippen LogP contribution >= 0.6 is 11.6 Å². The summed E-state index contributed by atoms with van der Waals surface area (Å²) >= 11 is 6.30. The first-order valence-electron chi connectivity index (χ1n) is 36.6. The van der Waals surface area contributed by atoms with Gasteiger partial charge < -0.3 is 40.2 Å². The van der Waals surface area contributed by atoms with Gasteiger partial charge in [0.25, 0.3) is 0 Å². The lowest BCUT2D eigenvalue weighted by molar-refractivity contribution is -0.131. The van der Waals surface area contributed by atoms with E-state index in [0.29, 0.717) is 66.4 Å². The maximum Gasteiger partial charge on any atom is 0.514 e. The number of unbranched alkanes of at least 4 members (excludes halogenated alkanes) is 1. The van der Waals surface area contributed by atoms with E-state index in [1.54, 1.807) is 73.3 Å². The highest BCUT2D eigenvalue weighted by atomic mass is 35.5. The van der Waals surface area contributed by atoms with E-state index in [0.717, 1.165) is 81.9 Å². The number of nitrogens with one attached hydrogen (secondary N) is 5. The zero-order valence-corrected chi connectivity index (χ0v) is 60.1. The Morgan fingerprint density at radius 2 is 1.29 bits per heavy atom. The second kappa shape index (κ2) is 35.0. The maximum absolute atomic E-state index is 14.8. The molecule has 0 aliphatic heterocycles. The lowest BCUT2D eigenvalue weighted by Crippen LogP contribution is -2.53. The number of halogens is 1. The molecule has 4 amide bonds. The van der Waals surface area contributed by atoms with Crippen LogP contribution < -0.4 is 36.1 Å². The molecule has 99 heavy (non-hydrogen) atoms. The van der Waals surface area contributed by atoms with E-state index in [-0.39, 0.29) is 49.7 Å². The third-order valence-electron chi connectivity index (χ3n) is 22.5. The normalized spacial score (nSPS) is 21.9. The van der Waals surface area contributed by atoms with Crippen LogP contribution in [0.25, 0.3) is 0 Å². The first-order valence-corrected chi connectivity index (χ1v) is 36.9. The largest absolute Gasteiger partial charge is 0.514 e. The molecule has 0 spiro atoms. The van der Waals surface area contributed by atoms with Crippen LogP contribution in [0.15, 0.2) is 169 Å². The summed E-state index contributed by atoms with van der Waals surface area (Å²) in [6, 6.07) is 47.4. The molecule has 0 aromatic heterocycles. The van der Waals surface area contributed by atoms with Crippen molar-refractivity contribution in [3.63, 3.8) is 0 Å². The number of allylic oxidation sites excluding steroid dienone is 1. The average molecular weight is 1370 g/mol. The number of amides is 4. The van der Waals surface area contributed by atoms with Crippen molar-refractivity contribution in [2.24, 2.45) is 46.3 Å². The molecule has 0 heterocycles. The molecule has 10 atom stereocenters. The van der Waals surface area contributed by atoms with Crippen molar-refractivity contribution in [2.75, 3.05) is 32.1 Å². The van der Waals surface area contributed by atoms with Crippen LogP contribution in [0.4, 0.5) is 10.5 Å². The zero-order chi connectivity index (χ0) is 69.9. The molecule has 3 fully saturated rings. The van der Waals surface area contributed by atoms with E-state index in [1.807, 2.05) is 67.6 Å². The van der Waals surface area contributed by atoms with Crippen LogP contribution in [-0.4, -0.2) is 74.8 Å². The van der Waals surface area contributed by atoms with Crippen molar-refractivity contribution in [2.45, 2.75) is 187 Å². The van der Waals surface area contributed by atoms with Crippen molar-refractivity contribution >= 4 is 47.1 Å². The van der Waals surface area contributed by atoms with Crippen LogP contribution in [0.3, 0.4) is 0 Å². The summed E-state index contributed by atoms with van der Waals surface area (Å²) < 4.78 is 22.8. The van der Waals surface area contributed by atoms with Crippen LogP contribution in [0.5, 0.6) is 11.5 Å². The van der Waals surface area contributed by atoms with Gasteiger partial charge in [-0.2, -0.15) is 0 Å². The molecule has 14 nitrogen and oxygen atoms in total. The molecule has 5 N–H and O–H groups in total. The number of rotatable bonds is 33. The van der Waals surface area contributed by atoms with Crippen molar-refractivity contribution in [1.29, 1.82) is 0 Å². The van der Waals surface area contributed by atoms with E-state index in [2.05, 4.69) is 104 Å². The summed E-state index contributed by atoms with van der Waals surface area (Å²) in [6.45, 7) is 15.9. The smallest absolute Gasteiger partial charge is 0.497 e. The number of carbonyl (C=O) groups is 5. The molecular weight excluding hydrogens is 1260 g/mol. The topological polar surface area (TPSA) is 182 Å². The highest BCUT2D eigenvalue weighted by Gasteiger charge is 2.59. The van der Waals surface area contributed by atoms with Crippen LogP contribution in [0.1, 0.15) is 177 Å². The first-order chi connectivity index (χ1) is 47.8. The van der Waals surface area contributed by atoms with Gasteiger partial charge in [0.15, 0.2) is 0 Å². The highest BCUT2D eigenvalue weighted by molar-refractivity contribution is 6.30. The minimum atomic E-state index is -1.12. The molecule has 4 aliphatic carbocycles. The SMILES string of the molecule is COc1ccc(C(NCCCC[C@H](NC(=O)[C@H](Cc2ccc(Cl)cc2)NC(=O)CCC(=O)NCCCO[C@H]2CC[C@@]3(C)C(=CC[C@H]4[C@@H]5CC[C@H]([C@H](C)CCCC(C)C)[C@@]5(C)CC[C@@H]43)C2)C(=O)Nc2ccc(COC(=O)Oc3ccc(C)cc3)cc2)(c2ccccc2)c2ccccc2)cc1. The van der Waals surface area contributed by atoms with Crippen molar-refractivity contribution in [3.05, 3.63) is 208 Å². The molecule has 3 saturated carbocycles. The monoisotopic (exact) mass is 1360 g/mol. The van der Waals surface area contributed by atoms with E-state index < -0.39 is 41.5 Å². The molecule has 4 aliphatic rings. The van der Waals surface area contributed by atoms with Gasteiger partial charge in [-0.15, -0.1) is 0 Å². The lowest BCUT2D eigenvalue weighted by Gasteiger charge is -2.58. The van der Waals surface area contributed by atoms with E-state index in [1.165, 1.54) is 57.8 Å². The van der Waals surface area contributed by atoms with E-state index >= 15 is 0 Å². The van der Waals surface area contributed by atoms with Crippen LogP contribution in [-0.2, 0) is 47.2 Å². The number of carbonyl (C=O) groups excluding carboxylic acids is 5. The number of hydrogen-bond acceptors (Lipinski definition) is 10. The van der Waals surface area contributed by atoms with Gasteiger partial charge in [-0.1, -0.05) is 192 Å². The molecule has 10 rings (SSSR count). The van der Waals surface area contributed by atoms with Gasteiger partial charge in [-0.25, -0.2) is 4.79 Å². The van der Waals surface area contributed by atoms with E-state index in [9.17, 15) is 24.0 Å². The Bertz CT molecular complexity index is 3590. The Morgan fingerprint density at radius 1 is 0.626 bits per heavy atom. The molecule has 0 bridgehead atoms. The number of methoxy groups -OCH3 is 1. The predicted molar refractivity (Wildman–Crippen MR) is 393 cm³/mol. The maximum atomic E-state index is 14.8. The molecule has 0 saturated heterocycles. The minimum Gasteiger partial charge on any atom is -0.497 e. The van der Waals surface area contributed by atoms with E-state index in [4.69, 9.17) is 30.5 Å².